The summed E-state index contributed by atoms with van der Waals surface area (Å²) in [7, 11) is -3.96. The van der Waals surface area contributed by atoms with Gasteiger partial charge in [0.05, 0.1) is 10.6 Å². The second kappa shape index (κ2) is 8.73. The van der Waals surface area contributed by atoms with E-state index in [1.54, 1.807) is 48.2 Å². The second-order valence-corrected chi connectivity index (χ2v) is 9.83. The highest BCUT2D eigenvalue weighted by molar-refractivity contribution is 7.92. The maximum atomic E-state index is 13.6. The molecule has 0 atom stereocenters. The Labute approximate surface area is 187 Å². The molecule has 7 heteroatoms. The molecule has 31 heavy (non-hydrogen) atoms. The van der Waals surface area contributed by atoms with Gasteiger partial charge in [0.1, 0.15) is 6.54 Å². The van der Waals surface area contributed by atoms with Crippen molar-refractivity contribution >= 4 is 38.9 Å². The lowest BCUT2D eigenvalue weighted by atomic mass is 10.0. The van der Waals surface area contributed by atoms with Gasteiger partial charge in [-0.25, -0.2) is 8.42 Å². The Balaban J connectivity index is 1.75. The maximum Gasteiger partial charge on any atom is 0.264 e. The van der Waals surface area contributed by atoms with Gasteiger partial charge in [0.15, 0.2) is 0 Å². The van der Waals surface area contributed by atoms with Gasteiger partial charge in [-0.2, -0.15) is 0 Å². The summed E-state index contributed by atoms with van der Waals surface area (Å²) in [6.07, 6.45) is 1.75. The Kier molecular flexibility index (Phi) is 6.03. The van der Waals surface area contributed by atoms with Crippen LogP contribution in [-0.2, 0) is 21.2 Å². The quantitative estimate of drug-likeness (QED) is 0.555. The molecular formula is C24H23ClN2O3S. The lowest BCUT2D eigenvalue weighted by Gasteiger charge is -2.32. The molecule has 1 heterocycles. The van der Waals surface area contributed by atoms with Gasteiger partial charge in [-0.05, 0) is 67.3 Å². The van der Waals surface area contributed by atoms with E-state index in [2.05, 4.69) is 0 Å². The van der Waals surface area contributed by atoms with Gasteiger partial charge in [0.25, 0.3) is 10.0 Å². The van der Waals surface area contributed by atoms with E-state index in [0.717, 1.165) is 24.1 Å². The molecular weight excluding hydrogens is 432 g/mol. The zero-order chi connectivity index (χ0) is 22.0. The van der Waals surface area contributed by atoms with Crippen molar-refractivity contribution in [2.24, 2.45) is 0 Å². The number of carbonyl (C=O) groups is 1. The summed E-state index contributed by atoms with van der Waals surface area (Å²) in [6, 6.07) is 20.9. The predicted octanol–water partition coefficient (Wildman–Crippen LogP) is 4.82. The number of sulfonamides is 1. The highest BCUT2D eigenvalue weighted by atomic mass is 35.5. The van der Waals surface area contributed by atoms with E-state index < -0.39 is 10.0 Å². The third-order valence-corrected chi connectivity index (χ3v) is 7.46. The molecule has 0 bridgehead atoms. The molecule has 160 valence electrons. The molecule has 0 fully saturated rings. The first-order chi connectivity index (χ1) is 14.9. The summed E-state index contributed by atoms with van der Waals surface area (Å²) in [6.45, 7) is 2.05. The topological polar surface area (TPSA) is 57.7 Å². The summed E-state index contributed by atoms with van der Waals surface area (Å²) in [5, 5.41) is 0.509. The van der Waals surface area contributed by atoms with E-state index in [1.165, 1.54) is 16.4 Å². The molecule has 0 spiro atoms. The highest BCUT2D eigenvalue weighted by Crippen LogP contribution is 2.31. The number of amides is 1. The van der Waals surface area contributed by atoms with Gasteiger partial charge in [-0.15, -0.1) is 0 Å². The first-order valence-corrected chi connectivity index (χ1v) is 11.9. The predicted molar refractivity (Wildman–Crippen MR) is 124 cm³/mol. The number of hydrogen-bond acceptors (Lipinski definition) is 3. The Morgan fingerprint density at radius 2 is 1.74 bits per heavy atom. The first-order valence-electron chi connectivity index (χ1n) is 10.1. The van der Waals surface area contributed by atoms with Gasteiger partial charge in [0, 0.05) is 17.3 Å². The molecule has 5 nitrogen and oxygen atoms in total. The van der Waals surface area contributed by atoms with Crippen molar-refractivity contribution in [3.05, 3.63) is 88.9 Å². The summed E-state index contributed by atoms with van der Waals surface area (Å²) >= 11 is 6.09. The molecule has 4 rings (SSSR count). The number of anilines is 2. The van der Waals surface area contributed by atoms with E-state index in [9.17, 15) is 13.2 Å². The van der Waals surface area contributed by atoms with Crippen molar-refractivity contribution in [2.75, 3.05) is 22.3 Å². The summed E-state index contributed by atoms with van der Waals surface area (Å²) < 4.78 is 28.3. The molecule has 0 aromatic heterocycles. The normalized spacial score (nSPS) is 13.5. The van der Waals surface area contributed by atoms with Crippen LogP contribution in [0.1, 0.15) is 17.5 Å². The van der Waals surface area contributed by atoms with E-state index >= 15 is 0 Å². The fourth-order valence-corrected chi connectivity index (χ4v) is 5.65. The fraction of sp³-hybridized carbons (Fsp3) is 0.208. The number of fused-ring (bicyclic) bond motifs is 1. The number of para-hydroxylation sites is 1. The van der Waals surface area contributed by atoms with Crippen LogP contribution in [0.2, 0.25) is 5.02 Å². The lowest BCUT2D eigenvalue weighted by Crippen LogP contribution is -2.45. The molecule has 0 radical (unpaired) electrons. The number of aryl methyl sites for hydroxylation is 2. The minimum atomic E-state index is -3.96. The van der Waals surface area contributed by atoms with Crippen molar-refractivity contribution in [1.29, 1.82) is 0 Å². The average Bonchev–Trinajstić information content (AvgIpc) is 2.78. The van der Waals surface area contributed by atoms with Crippen molar-refractivity contribution in [2.45, 2.75) is 24.7 Å². The van der Waals surface area contributed by atoms with Crippen molar-refractivity contribution in [3.8, 4) is 0 Å². The third-order valence-electron chi connectivity index (χ3n) is 5.45. The zero-order valence-electron chi connectivity index (χ0n) is 17.2. The molecule has 0 unspecified atom stereocenters. The van der Waals surface area contributed by atoms with Gasteiger partial charge in [-0.1, -0.05) is 48.0 Å². The molecule has 0 saturated heterocycles. The van der Waals surface area contributed by atoms with Gasteiger partial charge >= 0.3 is 0 Å². The van der Waals surface area contributed by atoms with Crippen molar-refractivity contribution < 1.29 is 13.2 Å². The fourth-order valence-electron chi connectivity index (χ4n) is 3.92. The molecule has 3 aromatic rings. The number of rotatable bonds is 5. The van der Waals surface area contributed by atoms with Crippen LogP contribution in [0.4, 0.5) is 11.4 Å². The SMILES string of the molecule is Cc1cc(Cl)ccc1N(CC(=O)N1CCCc2ccccc21)S(=O)(=O)c1ccccc1. The van der Waals surface area contributed by atoms with E-state index in [1.807, 2.05) is 24.3 Å². The second-order valence-electron chi connectivity index (χ2n) is 7.53. The van der Waals surface area contributed by atoms with E-state index in [4.69, 9.17) is 11.6 Å². The minimum Gasteiger partial charge on any atom is -0.311 e. The van der Waals surface area contributed by atoms with Crippen LogP contribution in [0.15, 0.2) is 77.7 Å². The molecule has 1 aliphatic rings. The van der Waals surface area contributed by atoms with Crippen molar-refractivity contribution in [3.63, 3.8) is 0 Å². The smallest absolute Gasteiger partial charge is 0.264 e. The molecule has 0 aliphatic carbocycles. The standard InChI is InChI=1S/C24H23ClN2O3S/c1-18-16-20(25)13-14-22(18)27(31(29,30)21-10-3-2-4-11-21)17-24(28)26-15-7-9-19-8-5-6-12-23(19)26/h2-6,8,10-14,16H,7,9,15,17H2,1H3. The van der Waals surface area contributed by atoms with Crippen LogP contribution in [0.3, 0.4) is 0 Å². The van der Waals surface area contributed by atoms with Crippen LogP contribution in [0, 0.1) is 6.92 Å². The number of nitrogens with zero attached hydrogens (tertiary/aromatic N) is 2. The Morgan fingerprint density at radius 1 is 1.03 bits per heavy atom. The van der Waals surface area contributed by atoms with E-state index in [-0.39, 0.29) is 17.3 Å². The molecule has 1 aliphatic heterocycles. The van der Waals surface area contributed by atoms with Crippen LogP contribution < -0.4 is 9.21 Å². The summed E-state index contributed by atoms with van der Waals surface area (Å²) in [4.78, 5) is 15.2. The maximum absolute atomic E-state index is 13.6. The monoisotopic (exact) mass is 454 g/mol. The van der Waals surface area contributed by atoms with Gasteiger partial charge < -0.3 is 4.90 Å². The van der Waals surface area contributed by atoms with Gasteiger partial charge in [0.2, 0.25) is 5.91 Å². The molecule has 1 amide bonds. The Morgan fingerprint density at radius 3 is 2.48 bits per heavy atom. The summed E-state index contributed by atoms with van der Waals surface area (Å²) in [5.41, 5.74) is 3.07. The molecule has 0 saturated carbocycles. The van der Waals surface area contributed by atoms with E-state index in [0.29, 0.717) is 22.8 Å². The molecule has 0 N–H and O–H groups in total. The summed E-state index contributed by atoms with van der Waals surface area (Å²) in [5.74, 6) is -0.263. The number of halogens is 1. The lowest BCUT2D eigenvalue weighted by molar-refractivity contribution is -0.117. The average molecular weight is 455 g/mol. The number of benzene rings is 3. The first kappa shape index (κ1) is 21.4. The van der Waals surface area contributed by atoms with Crippen LogP contribution in [0.5, 0.6) is 0 Å². The van der Waals surface area contributed by atoms with Gasteiger partial charge in [-0.3, -0.25) is 9.10 Å². The van der Waals surface area contributed by atoms with Crippen LogP contribution >= 0.6 is 11.6 Å². The largest absolute Gasteiger partial charge is 0.311 e. The Bertz CT molecular complexity index is 1210. The zero-order valence-corrected chi connectivity index (χ0v) is 18.7. The molecule has 3 aromatic carbocycles. The minimum absolute atomic E-state index is 0.135. The van der Waals surface area contributed by atoms with Crippen LogP contribution in [0.25, 0.3) is 0 Å². The highest BCUT2D eigenvalue weighted by Gasteiger charge is 2.31. The number of carbonyl (C=O) groups excluding carboxylic acids is 1. The number of hydrogen-bond donors (Lipinski definition) is 0. The van der Waals surface area contributed by atoms with Crippen LogP contribution in [-0.4, -0.2) is 27.4 Å². The third kappa shape index (κ3) is 4.31. The van der Waals surface area contributed by atoms with Crippen molar-refractivity contribution in [1.82, 2.24) is 0 Å². The Hall–Kier alpha value is -2.83.